The first-order chi connectivity index (χ1) is 13.3. The zero-order chi connectivity index (χ0) is 20.3. The molecule has 4 N–H and O–H groups in total. The Kier molecular flexibility index (Phi) is 5.88. The van der Waals surface area contributed by atoms with Crippen molar-refractivity contribution in [2.24, 2.45) is 0 Å². The minimum absolute atomic E-state index is 0.122. The molecule has 9 nitrogen and oxygen atoms in total. The number of ether oxygens (including phenoxy) is 2. The Morgan fingerprint density at radius 1 is 1.18 bits per heavy atom. The number of pyridine rings is 1. The molecule has 0 radical (unpaired) electrons. The minimum Gasteiger partial charge on any atom is -0.480 e. The molecule has 10 heteroatoms. The Balaban J connectivity index is 1.87. The number of imidazole rings is 1. The van der Waals surface area contributed by atoms with Gasteiger partial charge in [0.05, 0.1) is 18.7 Å². The van der Waals surface area contributed by atoms with Gasteiger partial charge in [0.1, 0.15) is 12.1 Å². The number of rotatable bonds is 8. The predicted molar refractivity (Wildman–Crippen MR) is 106 cm³/mol. The van der Waals surface area contributed by atoms with Gasteiger partial charge in [-0.3, -0.25) is 9.13 Å². The summed E-state index contributed by atoms with van der Waals surface area (Å²) in [6, 6.07) is 8.77. The van der Waals surface area contributed by atoms with E-state index in [0.717, 1.165) is 11.1 Å². The molecule has 1 atom stereocenters. The summed E-state index contributed by atoms with van der Waals surface area (Å²) in [6.45, 7) is 2.41. The van der Waals surface area contributed by atoms with E-state index in [2.05, 4.69) is 9.97 Å². The van der Waals surface area contributed by atoms with Crippen LogP contribution in [-0.2, 0) is 22.0 Å². The lowest BCUT2D eigenvalue weighted by Gasteiger charge is -2.10. The van der Waals surface area contributed by atoms with Crippen molar-refractivity contribution in [3.05, 3.63) is 41.5 Å². The van der Waals surface area contributed by atoms with Gasteiger partial charge in [-0.1, -0.05) is 24.3 Å². The number of nitrogen functional groups attached to an aromatic ring is 1. The van der Waals surface area contributed by atoms with Gasteiger partial charge in [0.25, 0.3) is 6.01 Å². The molecule has 2 heterocycles. The first-order valence-electron chi connectivity index (χ1n) is 8.61. The van der Waals surface area contributed by atoms with Crippen molar-refractivity contribution in [3.8, 4) is 11.9 Å². The molecule has 0 spiro atoms. The summed E-state index contributed by atoms with van der Waals surface area (Å²) in [5.41, 5.74) is 8.60. The Morgan fingerprint density at radius 3 is 2.50 bits per heavy atom. The van der Waals surface area contributed by atoms with Crippen LogP contribution in [0.3, 0.4) is 0 Å². The molecule has 1 aromatic carbocycles. The van der Waals surface area contributed by atoms with Crippen LogP contribution in [0, 0.1) is 0 Å². The number of aromatic hydroxyl groups is 1. The molecule has 0 bridgehead atoms. The maximum absolute atomic E-state index is 11.5. The van der Waals surface area contributed by atoms with Crippen LogP contribution in [0.5, 0.6) is 11.9 Å². The fraction of sp³-hybridized carbons (Fsp3) is 0.333. The molecule has 0 aliphatic heterocycles. The van der Waals surface area contributed by atoms with Crippen molar-refractivity contribution in [3.63, 3.8) is 0 Å². The van der Waals surface area contributed by atoms with Crippen molar-refractivity contribution >= 4 is 24.2 Å². The standard InChI is InChI=1S/C18H23N4O5P/c1-26-7-8-27-15-9-14-16(17(19)20-15)21-18(23)22(14)10-12-3-5-13(6-4-12)11-28(2,24)25/h3-6,9H,7-8,10-11H2,1-2H3,(H2,19,20)(H,21,23)(H,24,25). The Bertz CT molecular complexity index is 1010. The Morgan fingerprint density at radius 2 is 1.86 bits per heavy atom. The molecule has 2 aromatic heterocycles. The Hall–Kier alpha value is -2.61. The first kappa shape index (κ1) is 20.1. The molecule has 0 amide bonds. The molecule has 3 aromatic rings. The van der Waals surface area contributed by atoms with Crippen molar-refractivity contribution < 1.29 is 24.0 Å². The second-order valence-electron chi connectivity index (χ2n) is 6.58. The van der Waals surface area contributed by atoms with Crippen LogP contribution in [0.25, 0.3) is 11.0 Å². The molecule has 3 rings (SSSR count). The van der Waals surface area contributed by atoms with E-state index in [-0.39, 0.29) is 18.0 Å². The summed E-state index contributed by atoms with van der Waals surface area (Å²) in [4.78, 5) is 17.7. The molecular weight excluding hydrogens is 383 g/mol. The van der Waals surface area contributed by atoms with Gasteiger partial charge in [-0.2, -0.15) is 9.97 Å². The van der Waals surface area contributed by atoms with Gasteiger partial charge in [0, 0.05) is 26.0 Å². The lowest BCUT2D eigenvalue weighted by Crippen LogP contribution is -2.07. The zero-order valence-electron chi connectivity index (χ0n) is 15.7. The molecule has 28 heavy (non-hydrogen) atoms. The summed E-state index contributed by atoms with van der Waals surface area (Å²) < 4.78 is 23.6. The smallest absolute Gasteiger partial charge is 0.295 e. The van der Waals surface area contributed by atoms with Crippen molar-refractivity contribution in [2.45, 2.75) is 12.7 Å². The normalized spacial score (nSPS) is 13.5. The van der Waals surface area contributed by atoms with Crippen LogP contribution in [0.4, 0.5) is 5.82 Å². The number of anilines is 1. The van der Waals surface area contributed by atoms with E-state index in [1.807, 2.05) is 12.1 Å². The number of nitrogens with zero attached hydrogens (tertiary/aromatic N) is 3. The van der Waals surface area contributed by atoms with Crippen LogP contribution >= 0.6 is 7.37 Å². The summed E-state index contributed by atoms with van der Waals surface area (Å²) in [5, 5.41) is 10.3. The zero-order valence-corrected chi connectivity index (χ0v) is 16.6. The van der Waals surface area contributed by atoms with Gasteiger partial charge in [0.2, 0.25) is 13.2 Å². The van der Waals surface area contributed by atoms with Gasteiger partial charge < -0.3 is 25.2 Å². The van der Waals surface area contributed by atoms with Crippen LogP contribution in [0.2, 0.25) is 0 Å². The molecule has 0 saturated heterocycles. The molecule has 1 unspecified atom stereocenters. The average molecular weight is 406 g/mol. The molecule has 0 saturated carbocycles. The number of benzene rings is 1. The maximum Gasteiger partial charge on any atom is 0.295 e. The molecule has 150 valence electrons. The molecule has 0 aliphatic carbocycles. The summed E-state index contributed by atoms with van der Waals surface area (Å²) >= 11 is 0. The first-order valence-corrected chi connectivity index (χ1v) is 10.9. The number of nitrogens with two attached hydrogens (primary N) is 1. The van der Waals surface area contributed by atoms with Crippen LogP contribution < -0.4 is 10.5 Å². The third kappa shape index (κ3) is 4.81. The summed E-state index contributed by atoms with van der Waals surface area (Å²) in [5.74, 6) is 0.483. The van der Waals surface area contributed by atoms with E-state index in [4.69, 9.17) is 15.2 Å². The van der Waals surface area contributed by atoms with Crippen molar-refractivity contribution in [2.75, 3.05) is 32.7 Å². The maximum atomic E-state index is 11.5. The fourth-order valence-corrected chi connectivity index (χ4v) is 3.73. The van der Waals surface area contributed by atoms with Gasteiger partial charge in [0.15, 0.2) is 5.82 Å². The highest BCUT2D eigenvalue weighted by molar-refractivity contribution is 7.56. The van der Waals surface area contributed by atoms with E-state index < -0.39 is 7.37 Å². The fourth-order valence-electron chi connectivity index (χ4n) is 2.84. The van der Waals surface area contributed by atoms with E-state index in [9.17, 15) is 14.6 Å². The van der Waals surface area contributed by atoms with E-state index in [1.54, 1.807) is 29.9 Å². The quantitative estimate of drug-likeness (QED) is 0.383. The minimum atomic E-state index is -3.12. The molecule has 0 aliphatic rings. The third-order valence-electron chi connectivity index (χ3n) is 4.10. The van der Waals surface area contributed by atoms with Crippen LogP contribution in [0.1, 0.15) is 11.1 Å². The van der Waals surface area contributed by atoms with E-state index in [1.165, 1.54) is 6.66 Å². The second kappa shape index (κ2) is 8.18. The largest absolute Gasteiger partial charge is 0.480 e. The van der Waals surface area contributed by atoms with Crippen LogP contribution in [0.15, 0.2) is 30.3 Å². The topological polar surface area (TPSA) is 133 Å². The number of hydrogen-bond acceptors (Lipinski definition) is 7. The van der Waals surface area contributed by atoms with Gasteiger partial charge >= 0.3 is 0 Å². The van der Waals surface area contributed by atoms with Crippen molar-refractivity contribution in [1.29, 1.82) is 0 Å². The highest BCUT2D eigenvalue weighted by Crippen LogP contribution is 2.39. The second-order valence-corrected chi connectivity index (χ2v) is 9.00. The van der Waals surface area contributed by atoms with E-state index in [0.29, 0.717) is 36.7 Å². The van der Waals surface area contributed by atoms with Gasteiger partial charge in [-0.15, -0.1) is 0 Å². The summed E-state index contributed by atoms with van der Waals surface area (Å²) in [7, 11) is -1.55. The van der Waals surface area contributed by atoms with E-state index >= 15 is 0 Å². The highest BCUT2D eigenvalue weighted by atomic mass is 31.2. The molecular formula is C18H23N4O5P. The lowest BCUT2D eigenvalue weighted by atomic mass is 10.1. The van der Waals surface area contributed by atoms with Crippen LogP contribution in [-0.4, -0.2) is 51.5 Å². The SMILES string of the molecule is COCCOc1cc2c(nc(O)n2Cc2ccc(CP(C)(=O)O)cc2)c(N)n1. The van der Waals surface area contributed by atoms with Gasteiger partial charge in [-0.05, 0) is 11.1 Å². The highest BCUT2D eigenvalue weighted by Gasteiger charge is 2.16. The number of methoxy groups -OCH3 is 1. The number of aromatic nitrogens is 3. The third-order valence-corrected chi connectivity index (χ3v) is 5.05. The Labute approximate surface area is 162 Å². The average Bonchev–Trinajstić information content (AvgIpc) is 2.92. The lowest BCUT2D eigenvalue weighted by molar-refractivity contribution is 0.144. The monoisotopic (exact) mass is 406 g/mol. The predicted octanol–water partition coefficient (Wildman–Crippen LogP) is 2.19. The summed E-state index contributed by atoms with van der Waals surface area (Å²) in [6.07, 6.45) is 0.122. The number of hydrogen-bond donors (Lipinski definition) is 3. The molecule has 0 fully saturated rings. The van der Waals surface area contributed by atoms with Crippen molar-refractivity contribution in [1.82, 2.24) is 14.5 Å². The van der Waals surface area contributed by atoms with Gasteiger partial charge in [-0.25, -0.2) is 0 Å². The number of fused-ring (bicyclic) bond motifs is 1.